The highest BCUT2D eigenvalue weighted by molar-refractivity contribution is 7.14. The topological polar surface area (TPSA) is 42.9 Å². The minimum Gasteiger partial charge on any atom is -0.363 e. The Labute approximate surface area is 178 Å². The lowest BCUT2D eigenvalue weighted by Gasteiger charge is -2.33. The monoisotopic (exact) mass is 411 g/mol. The number of thiophene rings is 1. The molecule has 0 spiro atoms. The summed E-state index contributed by atoms with van der Waals surface area (Å²) in [6.45, 7) is 9.31. The van der Waals surface area contributed by atoms with Crippen molar-refractivity contribution in [1.29, 1.82) is 0 Å². The molecule has 0 bridgehead atoms. The fourth-order valence-corrected chi connectivity index (χ4v) is 5.04. The number of piperidine rings is 1. The van der Waals surface area contributed by atoms with Crippen LogP contribution in [0.1, 0.15) is 30.9 Å². The van der Waals surface area contributed by atoms with Crippen LogP contribution in [0.5, 0.6) is 0 Å². The SMILES string of the molecule is CCNC(=NCCN1CCc2ccccc2C1)NC1CCN(c2cccs2)CC1. The van der Waals surface area contributed by atoms with Crippen molar-refractivity contribution in [3.05, 3.63) is 52.9 Å². The van der Waals surface area contributed by atoms with Crippen molar-refractivity contribution in [2.75, 3.05) is 44.2 Å². The molecule has 156 valence electrons. The van der Waals surface area contributed by atoms with Crippen molar-refractivity contribution < 1.29 is 0 Å². The Bertz CT molecular complexity index is 780. The average molecular weight is 412 g/mol. The van der Waals surface area contributed by atoms with Gasteiger partial charge in [-0.3, -0.25) is 9.89 Å². The molecule has 2 aliphatic heterocycles. The van der Waals surface area contributed by atoms with Gasteiger partial charge in [-0.2, -0.15) is 0 Å². The predicted octanol–water partition coefficient (Wildman–Crippen LogP) is 3.33. The number of rotatable bonds is 6. The van der Waals surface area contributed by atoms with E-state index in [4.69, 9.17) is 4.99 Å². The van der Waals surface area contributed by atoms with Crippen LogP contribution in [0.4, 0.5) is 5.00 Å². The number of anilines is 1. The Morgan fingerprint density at radius 1 is 1.10 bits per heavy atom. The van der Waals surface area contributed by atoms with Crippen molar-refractivity contribution in [2.24, 2.45) is 4.99 Å². The van der Waals surface area contributed by atoms with Gasteiger partial charge in [0.25, 0.3) is 0 Å². The minimum absolute atomic E-state index is 0.505. The van der Waals surface area contributed by atoms with Gasteiger partial charge in [0.1, 0.15) is 0 Å². The van der Waals surface area contributed by atoms with E-state index >= 15 is 0 Å². The van der Waals surface area contributed by atoms with Gasteiger partial charge in [-0.25, -0.2) is 0 Å². The molecule has 4 rings (SSSR count). The minimum atomic E-state index is 0.505. The maximum atomic E-state index is 4.87. The number of benzene rings is 1. The van der Waals surface area contributed by atoms with Crippen LogP contribution < -0.4 is 15.5 Å². The Morgan fingerprint density at radius 2 is 1.93 bits per heavy atom. The van der Waals surface area contributed by atoms with E-state index in [0.717, 1.165) is 71.0 Å². The van der Waals surface area contributed by atoms with Crippen LogP contribution in [0, 0.1) is 0 Å². The molecule has 1 saturated heterocycles. The molecule has 0 radical (unpaired) electrons. The first-order chi connectivity index (χ1) is 14.3. The molecule has 5 nitrogen and oxygen atoms in total. The van der Waals surface area contributed by atoms with Gasteiger partial charge in [0.2, 0.25) is 0 Å². The van der Waals surface area contributed by atoms with Crippen LogP contribution in [0.2, 0.25) is 0 Å². The number of hydrogen-bond acceptors (Lipinski definition) is 4. The maximum Gasteiger partial charge on any atom is 0.191 e. The van der Waals surface area contributed by atoms with E-state index in [2.05, 4.69) is 69.1 Å². The molecule has 0 atom stereocenters. The van der Waals surface area contributed by atoms with E-state index in [1.54, 1.807) is 0 Å². The lowest BCUT2D eigenvalue weighted by atomic mass is 10.00. The summed E-state index contributed by atoms with van der Waals surface area (Å²) in [6, 6.07) is 13.7. The fraction of sp³-hybridized carbons (Fsp3) is 0.522. The lowest BCUT2D eigenvalue weighted by Crippen LogP contribution is -2.48. The normalized spacial score (nSPS) is 18.5. The molecule has 6 heteroatoms. The van der Waals surface area contributed by atoms with Crippen molar-refractivity contribution in [2.45, 2.75) is 38.8 Å². The fourth-order valence-electron chi connectivity index (χ4n) is 4.26. The molecule has 1 fully saturated rings. The van der Waals surface area contributed by atoms with E-state index in [9.17, 15) is 0 Å². The van der Waals surface area contributed by atoms with Crippen molar-refractivity contribution in [1.82, 2.24) is 15.5 Å². The van der Waals surface area contributed by atoms with Crippen molar-refractivity contribution in [3.63, 3.8) is 0 Å². The Hall–Kier alpha value is -2.05. The van der Waals surface area contributed by atoms with Gasteiger partial charge in [0.05, 0.1) is 11.5 Å². The molecule has 0 unspecified atom stereocenters. The van der Waals surface area contributed by atoms with Gasteiger partial charge in [0, 0.05) is 45.3 Å². The summed E-state index contributed by atoms with van der Waals surface area (Å²) in [6.07, 6.45) is 3.47. The third-order valence-corrected chi connectivity index (χ3v) is 6.82. The van der Waals surface area contributed by atoms with Gasteiger partial charge >= 0.3 is 0 Å². The predicted molar refractivity (Wildman–Crippen MR) is 124 cm³/mol. The van der Waals surface area contributed by atoms with E-state index in [-0.39, 0.29) is 0 Å². The second-order valence-corrected chi connectivity index (χ2v) is 8.84. The summed E-state index contributed by atoms with van der Waals surface area (Å²) < 4.78 is 0. The zero-order valence-corrected chi connectivity index (χ0v) is 18.3. The van der Waals surface area contributed by atoms with Gasteiger partial charge < -0.3 is 15.5 Å². The van der Waals surface area contributed by atoms with Crippen LogP contribution in [-0.4, -0.2) is 56.2 Å². The van der Waals surface area contributed by atoms with Crippen LogP contribution in [-0.2, 0) is 13.0 Å². The standard InChI is InChI=1S/C23H33N5S/c1-2-24-23(26-21-10-14-28(15-11-21)22-8-5-17-29-22)25-12-16-27-13-9-19-6-3-4-7-20(19)18-27/h3-8,17,21H,2,9-16,18H2,1H3,(H2,24,25,26). The van der Waals surface area contributed by atoms with E-state index in [0.29, 0.717) is 6.04 Å². The van der Waals surface area contributed by atoms with Crippen LogP contribution in [0.3, 0.4) is 0 Å². The number of nitrogens with one attached hydrogen (secondary N) is 2. The molecule has 3 heterocycles. The molecule has 0 amide bonds. The maximum absolute atomic E-state index is 4.87. The molecule has 1 aromatic heterocycles. The summed E-state index contributed by atoms with van der Waals surface area (Å²) in [5.74, 6) is 0.972. The Kier molecular flexibility index (Phi) is 7.06. The third-order valence-electron chi connectivity index (χ3n) is 5.89. The van der Waals surface area contributed by atoms with Gasteiger partial charge in [-0.15, -0.1) is 11.3 Å². The number of hydrogen-bond donors (Lipinski definition) is 2. The molecule has 29 heavy (non-hydrogen) atoms. The van der Waals surface area contributed by atoms with Gasteiger partial charge in [-0.05, 0) is 54.8 Å². The summed E-state index contributed by atoms with van der Waals surface area (Å²) in [5, 5.41) is 10.7. The molecule has 2 aliphatic rings. The van der Waals surface area contributed by atoms with Gasteiger partial charge in [0.15, 0.2) is 5.96 Å². The zero-order chi connectivity index (χ0) is 19.9. The molecule has 1 aromatic carbocycles. The summed E-state index contributed by atoms with van der Waals surface area (Å²) in [7, 11) is 0. The first kappa shape index (κ1) is 20.2. The second-order valence-electron chi connectivity index (χ2n) is 7.91. The molecule has 0 saturated carbocycles. The average Bonchev–Trinajstić information content (AvgIpc) is 3.29. The first-order valence-electron chi connectivity index (χ1n) is 10.9. The molecule has 2 N–H and O–H groups in total. The first-order valence-corrected chi connectivity index (χ1v) is 11.8. The summed E-state index contributed by atoms with van der Waals surface area (Å²) in [5.41, 5.74) is 2.99. The number of fused-ring (bicyclic) bond motifs is 1. The molecular weight excluding hydrogens is 378 g/mol. The highest BCUT2D eigenvalue weighted by atomic mass is 32.1. The highest BCUT2D eigenvalue weighted by Crippen LogP contribution is 2.24. The van der Waals surface area contributed by atoms with Crippen LogP contribution in [0.15, 0.2) is 46.8 Å². The van der Waals surface area contributed by atoms with E-state index < -0.39 is 0 Å². The van der Waals surface area contributed by atoms with Crippen LogP contribution >= 0.6 is 11.3 Å². The Morgan fingerprint density at radius 3 is 2.69 bits per heavy atom. The van der Waals surface area contributed by atoms with Crippen LogP contribution in [0.25, 0.3) is 0 Å². The molecule has 2 aromatic rings. The highest BCUT2D eigenvalue weighted by Gasteiger charge is 2.21. The molecular formula is C23H33N5S. The largest absolute Gasteiger partial charge is 0.363 e. The summed E-state index contributed by atoms with van der Waals surface area (Å²) >= 11 is 1.84. The number of guanidine groups is 1. The zero-order valence-electron chi connectivity index (χ0n) is 17.4. The van der Waals surface area contributed by atoms with Gasteiger partial charge in [-0.1, -0.05) is 24.3 Å². The van der Waals surface area contributed by atoms with Crippen molar-refractivity contribution >= 4 is 22.3 Å². The smallest absolute Gasteiger partial charge is 0.191 e. The van der Waals surface area contributed by atoms with E-state index in [1.165, 1.54) is 16.1 Å². The number of nitrogens with zero attached hydrogens (tertiary/aromatic N) is 3. The third kappa shape index (κ3) is 5.52. The second kappa shape index (κ2) is 10.1. The van der Waals surface area contributed by atoms with E-state index in [1.807, 2.05) is 11.3 Å². The number of aliphatic imine (C=N–C) groups is 1. The summed E-state index contributed by atoms with van der Waals surface area (Å²) in [4.78, 5) is 9.89. The quantitative estimate of drug-likeness (QED) is 0.565. The lowest BCUT2D eigenvalue weighted by molar-refractivity contribution is 0.261. The molecule has 0 aliphatic carbocycles. The Balaban J connectivity index is 1.24. The van der Waals surface area contributed by atoms with Crippen molar-refractivity contribution in [3.8, 4) is 0 Å².